The smallest absolute Gasteiger partial charge is 0.220 e. The number of carbonyl (C=O) groups is 1. The van der Waals surface area contributed by atoms with Crippen LogP contribution in [0.4, 0.5) is 5.69 Å². The number of thioether (sulfide) groups is 1. The van der Waals surface area contributed by atoms with Crippen LogP contribution in [0.2, 0.25) is 0 Å². The highest BCUT2D eigenvalue weighted by Gasteiger charge is 2.09. The normalized spacial score (nSPS) is 11.3. The Kier molecular flexibility index (Phi) is 9.99. The van der Waals surface area contributed by atoms with Crippen LogP contribution >= 0.6 is 24.2 Å². The Balaban J connectivity index is 0.00000338. The molecule has 0 radical (unpaired) electrons. The fourth-order valence-electron chi connectivity index (χ4n) is 2.42. The molecular formula is C20H27ClN2O2S. The molecule has 0 aliphatic carbocycles. The minimum Gasteiger partial charge on any atom is -0.496 e. The van der Waals surface area contributed by atoms with Gasteiger partial charge in [-0.1, -0.05) is 37.3 Å². The van der Waals surface area contributed by atoms with Crippen LogP contribution in [0.5, 0.6) is 5.75 Å². The quantitative estimate of drug-likeness (QED) is 0.494. The number of methoxy groups -OCH3 is 1. The second kappa shape index (κ2) is 11.7. The van der Waals surface area contributed by atoms with Crippen LogP contribution in [-0.4, -0.2) is 25.3 Å². The number of ether oxygens (including phenoxy) is 1. The fourth-order valence-corrected chi connectivity index (χ4v) is 3.47. The molecule has 2 aromatic carbocycles. The monoisotopic (exact) mass is 394 g/mol. The van der Waals surface area contributed by atoms with Crippen molar-refractivity contribution in [2.24, 2.45) is 5.92 Å². The largest absolute Gasteiger partial charge is 0.496 e. The number of hydrogen-bond acceptors (Lipinski definition) is 4. The Morgan fingerprint density at radius 3 is 2.62 bits per heavy atom. The first-order valence-electron chi connectivity index (χ1n) is 8.46. The van der Waals surface area contributed by atoms with Crippen molar-refractivity contribution in [1.29, 1.82) is 0 Å². The van der Waals surface area contributed by atoms with Crippen LogP contribution in [0.3, 0.4) is 0 Å². The highest BCUT2D eigenvalue weighted by molar-refractivity contribution is 7.99. The summed E-state index contributed by atoms with van der Waals surface area (Å²) in [6.07, 6.45) is 1.13. The summed E-state index contributed by atoms with van der Waals surface area (Å²) in [5, 5.41) is 3.01. The van der Waals surface area contributed by atoms with Gasteiger partial charge in [-0.05, 0) is 36.1 Å². The van der Waals surface area contributed by atoms with Crippen molar-refractivity contribution in [3.05, 3.63) is 54.1 Å². The minimum absolute atomic E-state index is 0. The Hall–Kier alpha value is -1.85. The Labute approximate surface area is 166 Å². The van der Waals surface area contributed by atoms with E-state index in [1.54, 1.807) is 18.9 Å². The van der Waals surface area contributed by atoms with Crippen molar-refractivity contribution in [2.75, 3.05) is 25.1 Å². The molecule has 0 aliphatic heterocycles. The second-order valence-corrected chi connectivity index (χ2v) is 7.13. The number of nitrogen functional groups attached to an aromatic ring is 1. The molecule has 0 saturated heterocycles. The minimum atomic E-state index is 0. The number of nitrogens with one attached hydrogen (secondary N) is 1. The topological polar surface area (TPSA) is 64.3 Å². The lowest BCUT2D eigenvalue weighted by Gasteiger charge is -2.14. The molecular weight excluding hydrogens is 368 g/mol. The summed E-state index contributed by atoms with van der Waals surface area (Å²) in [4.78, 5) is 13.2. The van der Waals surface area contributed by atoms with Crippen molar-refractivity contribution in [3.8, 4) is 5.75 Å². The highest BCUT2D eigenvalue weighted by atomic mass is 35.5. The lowest BCUT2D eigenvalue weighted by Crippen LogP contribution is -2.29. The molecule has 0 aliphatic rings. The average molecular weight is 395 g/mol. The SMILES string of the molecule is COc1ccccc1SCC(C)CNC(=O)CCc1ccccc1N.Cl. The number of amides is 1. The zero-order chi connectivity index (χ0) is 18.1. The maximum Gasteiger partial charge on any atom is 0.220 e. The Morgan fingerprint density at radius 1 is 1.19 bits per heavy atom. The van der Waals surface area contributed by atoms with Gasteiger partial charge in [-0.15, -0.1) is 24.2 Å². The van der Waals surface area contributed by atoms with E-state index in [1.807, 2.05) is 42.5 Å². The van der Waals surface area contributed by atoms with Crippen LogP contribution in [0.25, 0.3) is 0 Å². The van der Waals surface area contributed by atoms with Gasteiger partial charge in [0.1, 0.15) is 5.75 Å². The van der Waals surface area contributed by atoms with Crippen molar-refractivity contribution in [3.63, 3.8) is 0 Å². The lowest BCUT2D eigenvalue weighted by atomic mass is 10.1. The van der Waals surface area contributed by atoms with E-state index >= 15 is 0 Å². The summed E-state index contributed by atoms with van der Waals surface area (Å²) in [6, 6.07) is 15.7. The summed E-state index contributed by atoms with van der Waals surface area (Å²) < 4.78 is 5.36. The predicted molar refractivity (Wildman–Crippen MR) is 112 cm³/mol. The molecule has 26 heavy (non-hydrogen) atoms. The zero-order valence-electron chi connectivity index (χ0n) is 15.2. The number of carbonyl (C=O) groups excluding carboxylic acids is 1. The first-order valence-corrected chi connectivity index (χ1v) is 9.44. The number of rotatable bonds is 9. The molecule has 1 atom stereocenters. The third kappa shape index (κ3) is 7.18. The molecule has 0 aromatic heterocycles. The third-order valence-corrected chi connectivity index (χ3v) is 5.30. The summed E-state index contributed by atoms with van der Waals surface area (Å²) in [5.74, 6) is 2.26. The molecule has 3 N–H and O–H groups in total. The molecule has 142 valence electrons. The number of nitrogens with two attached hydrogens (primary N) is 1. The fraction of sp³-hybridized carbons (Fsp3) is 0.350. The molecule has 2 rings (SSSR count). The van der Waals surface area contributed by atoms with Gasteiger partial charge in [-0.25, -0.2) is 0 Å². The van der Waals surface area contributed by atoms with Crippen LogP contribution in [0.15, 0.2) is 53.4 Å². The maximum atomic E-state index is 12.0. The third-order valence-electron chi connectivity index (χ3n) is 3.92. The number of para-hydroxylation sites is 2. The number of hydrogen-bond donors (Lipinski definition) is 2. The molecule has 6 heteroatoms. The predicted octanol–water partition coefficient (Wildman–Crippen LogP) is 4.18. The van der Waals surface area contributed by atoms with Crippen LogP contribution in [0.1, 0.15) is 18.9 Å². The molecule has 2 aromatic rings. The van der Waals surface area contributed by atoms with Crippen LogP contribution < -0.4 is 15.8 Å². The second-order valence-electron chi connectivity index (χ2n) is 6.07. The Morgan fingerprint density at radius 2 is 1.88 bits per heavy atom. The molecule has 1 amide bonds. The van der Waals surface area contributed by atoms with Crippen molar-refractivity contribution in [2.45, 2.75) is 24.7 Å². The van der Waals surface area contributed by atoms with E-state index in [0.29, 0.717) is 25.3 Å². The van der Waals surface area contributed by atoms with Gasteiger partial charge < -0.3 is 15.8 Å². The number of benzene rings is 2. The van der Waals surface area contributed by atoms with Crippen LogP contribution in [0, 0.1) is 5.92 Å². The molecule has 0 saturated carbocycles. The van der Waals surface area contributed by atoms with Gasteiger partial charge in [0.15, 0.2) is 0 Å². The molecule has 0 spiro atoms. The van der Waals surface area contributed by atoms with Crippen molar-refractivity contribution < 1.29 is 9.53 Å². The van der Waals surface area contributed by atoms with Gasteiger partial charge in [0.05, 0.1) is 7.11 Å². The van der Waals surface area contributed by atoms with Gasteiger partial charge in [0.2, 0.25) is 5.91 Å². The van der Waals surface area contributed by atoms with E-state index in [1.165, 1.54) is 0 Å². The molecule has 1 unspecified atom stereocenters. The van der Waals surface area contributed by atoms with Gasteiger partial charge >= 0.3 is 0 Å². The van der Waals surface area contributed by atoms with Crippen molar-refractivity contribution >= 4 is 35.8 Å². The first kappa shape index (κ1) is 22.2. The lowest BCUT2D eigenvalue weighted by molar-refractivity contribution is -0.121. The van der Waals surface area contributed by atoms with Crippen molar-refractivity contribution in [1.82, 2.24) is 5.32 Å². The van der Waals surface area contributed by atoms with E-state index in [-0.39, 0.29) is 18.3 Å². The number of anilines is 1. The van der Waals surface area contributed by atoms with E-state index in [0.717, 1.165) is 27.6 Å². The molecule has 0 bridgehead atoms. The average Bonchev–Trinajstić information content (AvgIpc) is 2.64. The Bertz CT molecular complexity index is 697. The van der Waals surface area contributed by atoms with E-state index in [2.05, 4.69) is 18.3 Å². The standard InChI is InChI=1S/C20H26N2O2S.ClH/c1-15(14-25-19-10-6-5-9-18(19)24-2)13-22-20(23)12-11-16-7-3-4-8-17(16)21;/h3-10,15H,11-14,21H2,1-2H3,(H,22,23);1H. The summed E-state index contributed by atoms with van der Waals surface area (Å²) >= 11 is 1.75. The number of halogens is 1. The summed E-state index contributed by atoms with van der Waals surface area (Å²) in [7, 11) is 1.68. The summed E-state index contributed by atoms with van der Waals surface area (Å²) in [6.45, 7) is 2.81. The van der Waals surface area contributed by atoms with Gasteiger partial charge in [-0.3, -0.25) is 4.79 Å². The molecule has 0 fully saturated rings. The van der Waals surface area contributed by atoms with Crippen LogP contribution in [-0.2, 0) is 11.2 Å². The molecule has 0 heterocycles. The van der Waals surface area contributed by atoms with E-state index in [9.17, 15) is 4.79 Å². The van der Waals surface area contributed by atoms with E-state index in [4.69, 9.17) is 10.5 Å². The van der Waals surface area contributed by atoms with E-state index < -0.39 is 0 Å². The summed E-state index contributed by atoms with van der Waals surface area (Å²) in [5.41, 5.74) is 7.68. The zero-order valence-corrected chi connectivity index (χ0v) is 16.9. The van der Waals surface area contributed by atoms with Gasteiger partial charge in [0.25, 0.3) is 0 Å². The first-order chi connectivity index (χ1) is 12.1. The van der Waals surface area contributed by atoms with Gasteiger partial charge in [0, 0.05) is 29.3 Å². The number of aryl methyl sites for hydroxylation is 1. The van der Waals surface area contributed by atoms with Gasteiger partial charge in [-0.2, -0.15) is 0 Å². The highest BCUT2D eigenvalue weighted by Crippen LogP contribution is 2.29. The maximum absolute atomic E-state index is 12.0. The molecule has 4 nitrogen and oxygen atoms in total.